The summed E-state index contributed by atoms with van der Waals surface area (Å²) in [6.07, 6.45) is 1.49. The highest BCUT2D eigenvalue weighted by Gasteiger charge is 2.25. The number of rotatable bonds is 2. The van der Waals surface area contributed by atoms with E-state index in [0.717, 1.165) is 0 Å². The molecule has 0 fully saturated rings. The van der Waals surface area contributed by atoms with Gasteiger partial charge in [-0.2, -0.15) is 9.61 Å². The van der Waals surface area contributed by atoms with Crippen molar-refractivity contribution in [2.45, 2.75) is 12.8 Å². The first-order valence-electron chi connectivity index (χ1n) is 7.16. The fourth-order valence-corrected chi connectivity index (χ4v) is 2.88. The van der Waals surface area contributed by atoms with Crippen LogP contribution in [0.1, 0.15) is 24.2 Å². The molecule has 4 rings (SSSR count). The van der Waals surface area contributed by atoms with Crippen molar-refractivity contribution >= 4 is 28.2 Å². The molecule has 0 N–H and O–H groups in total. The molecular weight excluding hydrogens is 336 g/mol. The van der Waals surface area contributed by atoms with Gasteiger partial charge in [0.05, 0.1) is 5.52 Å². The lowest BCUT2D eigenvalue weighted by Gasteiger charge is -2.13. The van der Waals surface area contributed by atoms with E-state index in [9.17, 15) is 8.78 Å². The van der Waals surface area contributed by atoms with E-state index in [4.69, 9.17) is 11.6 Å². The predicted octanol–water partition coefficient (Wildman–Crippen LogP) is 3.76. The fourth-order valence-electron chi connectivity index (χ4n) is 2.74. The number of hydrogen-bond donors (Lipinski definition) is 0. The zero-order valence-electron chi connectivity index (χ0n) is 12.4. The molecule has 5 nitrogen and oxygen atoms in total. The molecule has 0 aliphatic carbocycles. The molecule has 120 valence electrons. The first-order valence-corrected chi connectivity index (χ1v) is 7.54. The van der Waals surface area contributed by atoms with E-state index >= 15 is 0 Å². The van der Waals surface area contributed by atoms with Crippen molar-refractivity contribution in [1.82, 2.24) is 24.8 Å². The molecule has 0 aliphatic rings. The zero-order valence-corrected chi connectivity index (χ0v) is 13.2. The van der Waals surface area contributed by atoms with Gasteiger partial charge in [0.25, 0.3) is 0 Å². The lowest BCUT2D eigenvalue weighted by atomic mass is 9.97. The fraction of sp³-hybridized carbons (Fsp3) is 0.125. The van der Waals surface area contributed by atoms with Gasteiger partial charge >= 0.3 is 0 Å². The van der Waals surface area contributed by atoms with Crippen LogP contribution in [0.3, 0.4) is 0 Å². The highest BCUT2D eigenvalue weighted by atomic mass is 35.5. The van der Waals surface area contributed by atoms with Crippen molar-refractivity contribution in [2.75, 3.05) is 0 Å². The Morgan fingerprint density at radius 1 is 1.17 bits per heavy atom. The average molecular weight is 346 g/mol. The SMILES string of the molecule is CC(c1c(F)cc2ncccc2c1F)c1nnc2ccc(Cl)nn12. The van der Waals surface area contributed by atoms with Crippen molar-refractivity contribution in [3.05, 3.63) is 64.7 Å². The monoisotopic (exact) mass is 345 g/mol. The van der Waals surface area contributed by atoms with E-state index in [1.807, 2.05) is 0 Å². The van der Waals surface area contributed by atoms with Gasteiger partial charge in [-0.3, -0.25) is 4.98 Å². The first kappa shape index (κ1) is 14.9. The maximum absolute atomic E-state index is 14.9. The van der Waals surface area contributed by atoms with Crippen LogP contribution in [0.4, 0.5) is 8.78 Å². The zero-order chi connectivity index (χ0) is 16.8. The third-order valence-corrected chi connectivity index (χ3v) is 4.11. The molecular formula is C16H10ClF2N5. The summed E-state index contributed by atoms with van der Waals surface area (Å²) in [5, 5.41) is 12.6. The minimum atomic E-state index is -0.712. The van der Waals surface area contributed by atoms with Crippen LogP contribution in [-0.2, 0) is 0 Å². The van der Waals surface area contributed by atoms with Crippen molar-refractivity contribution < 1.29 is 8.78 Å². The van der Waals surface area contributed by atoms with Crippen LogP contribution in [0.2, 0.25) is 5.15 Å². The van der Waals surface area contributed by atoms with Gasteiger partial charge in [-0.25, -0.2) is 8.78 Å². The van der Waals surface area contributed by atoms with Gasteiger partial charge < -0.3 is 0 Å². The summed E-state index contributed by atoms with van der Waals surface area (Å²) in [6.45, 7) is 1.64. The maximum Gasteiger partial charge on any atom is 0.178 e. The molecule has 3 aromatic heterocycles. The van der Waals surface area contributed by atoms with Gasteiger partial charge in [0, 0.05) is 29.1 Å². The minimum Gasteiger partial charge on any atom is -0.256 e. The quantitative estimate of drug-likeness (QED) is 0.555. The molecule has 0 saturated carbocycles. The van der Waals surface area contributed by atoms with Gasteiger partial charge in [-0.1, -0.05) is 18.5 Å². The Morgan fingerprint density at radius 2 is 2.00 bits per heavy atom. The van der Waals surface area contributed by atoms with Crippen LogP contribution >= 0.6 is 11.6 Å². The number of benzene rings is 1. The summed E-state index contributed by atoms with van der Waals surface area (Å²) in [5.74, 6) is -1.77. The molecule has 0 saturated heterocycles. The Kier molecular flexibility index (Phi) is 3.38. The largest absolute Gasteiger partial charge is 0.256 e. The highest BCUT2D eigenvalue weighted by molar-refractivity contribution is 6.29. The van der Waals surface area contributed by atoms with Crippen molar-refractivity contribution in [3.63, 3.8) is 0 Å². The van der Waals surface area contributed by atoms with Gasteiger partial charge in [-0.15, -0.1) is 10.2 Å². The van der Waals surface area contributed by atoms with Crippen LogP contribution in [0.5, 0.6) is 0 Å². The predicted molar refractivity (Wildman–Crippen MR) is 85.0 cm³/mol. The van der Waals surface area contributed by atoms with Crippen LogP contribution in [0.15, 0.2) is 36.5 Å². The molecule has 1 atom stereocenters. The van der Waals surface area contributed by atoms with Gasteiger partial charge in [0.2, 0.25) is 0 Å². The normalized spacial score (nSPS) is 12.8. The summed E-state index contributed by atoms with van der Waals surface area (Å²) < 4.78 is 30.8. The topological polar surface area (TPSA) is 56.0 Å². The van der Waals surface area contributed by atoms with Crippen molar-refractivity contribution in [3.8, 4) is 0 Å². The third-order valence-electron chi connectivity index (χ3n) is 3.91. The molecule has 0 bridgehead atoms. The molecule has 4 aromatic rings. The standard InChI is InChI=1S/C16H10ClF2N5/c1-8(16-22-21-13-5-4-12(17)23-24(13)16)14-10(18)7-11-9(15(14)19)3-2-6-20-11/h2-8H,1H3. The average Bonchev–Trinajstić information content (AvgIpc) is 2.97. The van der Waals surface area contributed by atoms with E-state index < -0.39 is 17.6 Å². The molecule has 1 aromatic carbocycles. The highest BCUT2D eigenvalue weighted by Crippen LogP contribution is 2.31. The van der Waals surface area contributed by atoms with Crippen molar-refractivity contribution in [2.24, 2.45) is 0 Å². The van der Waals surface area contributed by atoms with E-state index in [-0.39, 0.29) is 21.6 Å². The number of halogens is 3. The summed E-state index contributed by atoms with van der Waals surface area (Å²) in [4.78, 5) is 3.98. The van der Waals surface area contributed by atoms with Crippen LogP contribution in [0, 0.1) is 11.6 Å². The van der Waals surface area contributed by atoms with E-state index in [2.05, 4.69) is 20.3 Å². The number of pyridine rings is 1. The summed E-state index contributed by atoms with van der Waals surface area (Å²) in [5.41, 5.74) is 0.604. The van der Waals surface area contributed by atoms with Crippen LogP contribution in [0.25, 0.3) is 16.6 Å². The second-order valence-electron chi connectivity index (χ2n) is 5.36. The first-order chi connectivity index (χ1) is 11.6. The number of fused-ring (bicyclic) bond motifs is 2. The van der Waals surface area contributed by atoms with Gasteiger partial charge in [0.1, 0.15) is 16.8 Å². The molecule has 0 spiro atoms. The summed E-state index contributed by atoms with van der Waals surface area (Å²) in [6, 6.07) is 7.59. The number of hydrogen-bond acceptors (Lipinski definition) is 4. The Labute approximate surface area is 139 Å². The van der Waals surface area contributed by atoms with E-state index in [1.54, 1.807) is 31.2 Å². The van der Waals surface area contributed by atoms with E-state index in [0.29, 0.717) is 11.5 Å². The molecule has 24 heavy (non-hydrogen) atoms. The summed E-state index contributed by atoms with van der Waals surface area (Å²) in [7, 11) is 0. The smallest absolute Gasteiger partial charge is 0.178 e. The Bertz CT molecular complexity index is 1080. The van der Waals surface area contributed by atoms with Crippen molar-refractivity contribution in [1.29, 1.82) is 0 Å². The van der Waals surface area contributed by atoms with E-state index in [1.165, 1.54) is 16.8 Å². The number of aromatic nitrogens is 5. The van der Waals surface area contributed by atoms with Crippen LogP contribution < -0.4 is 0 Å². The molecule has 3 heterocycles. The molecule has 8 heteroatoms. The molecule has 0 amide bonds. The molecule has 0 aliphatic heterocycles. The molecule has 1 unspecified atom stereocenters. The number of nitrogens with zero attached hydrogens (tertiary/aromatic N) is 5. The second-order valence-corrected chi connectivity index (χ2v) is 5.75. The van der Waals surface area contributed by atoms with Crippen LogP contribution in [-0.4, -0.2) is 24.8 Å². The minimum absolute atomic E-state index is 0.105. The second kappa shape index (κ2) is 5.45. The Hall–Kier alpha value is -2.67. The Balaban J connectivity index is 1.94. The third kappa shape index (κ3) is 2.20. The maximum atomic E-state index is 14.9. The Morgan fingerprint density at radius 3 is 2.83 bits per heavy atom. The lowest BCUT2D eigenvalue weighted by molar-refractivity contribution is 0.547. The van der Waals surface area contributed by atoms with Gasteiger partial charge in [0.15, 0.2) is 11.5 Å². The lowest BCUT2D eigenvalue weighted by Crippen LogP contribution is -2.09. The van der Waals surface area contributed by atoms with Gasteiger partial charge in [-0.05, 0) is 24.3 Å². The molecule has 0 radical (unpaired) electrons. The summed E-state index contributed by atoms with van der Waals surface area (Å²) >= 11 is 5.90.